The lowest BCUT2D eigenvalue weighted by molar-refractivity contribution is 0.128. The monoisotopic (exact) mass is 222 g/mol. The molecule has 1 aliphatic heterocycles. The summed E-state index contributed by atoms with van der Waals surface area (Å²) in [6.07, 6.45) is -0.376. The largest absolute Gasteiger partial charge is 0.391 e. The first-order valence-electron chi connectivity index (χ1n) is 5.38. The normalized spacial score (nSPS) is 27.5. The van der Waals surface area contributed by atoms with Gasteiger partial charge in [0.2, 0.25) is 0 Å². The van der Waals surface area contributed by atoms with Gasteiger partial charge in [0, 0.05) is 0 Å². The van der Waals surface area contributed by atoms with E-state index >= 15 is 0 Å². The number of rotatable bonds is 3. The molecule has 3 heteroatoms. The number of aliphatic hydroxyl groups excluding tert-OH is 1. The van der Waals surface area contributed by atoms with Crippen molar-refractivity contribution >= 4 is 13.3 Å². The Bertz CT molecular complexity index is 342. The molecular formula is C12H18O2Si. The zero-order chi connectivity index (χ0) is 11.1. The van der Waals surface area contributed by atoms with E-state index in [1.807, 2.05) is 13.0 Å². The SMILES string of the molecule is C[C@@H](O)[C@]1([Si](C)(C)c2ccccc2)CO1. The van der Waals surface area contributed by atoms with Gasteiger partial charge in [0.15, 0.2) is 0 Å². The third-order valence-corrected chi connectivity index (χ3v) is 8.28. The molecule has 2 rings (SSSR count). The van der Waals surface area contributed by atoms with E-state index in [9.17, 15) is 5.11 Å². The Hall–Kier alpha value is -0.643. The summed E-state index contributed by atoms with van der Waals surface area (Å²) in [4.78, 5) is 0. The van der Waals surface area contributed by atoms with Crippen LogP contribution < -0.4 is 5.19 Å². The number of ether oxygens (including phenoxy) is 1. The summed E-state index contributed by atoms with van der Waals surface area (Å²) in [5.74, 6) is 0. The maximum Gasteiger partial charge on any atom is 0.123 e. The van der Waals surface area contributed by atoms with E-state index in [0.29, 0.717) is 6.61 Å². The van der Waals surface area contributed by atoms with Crippen LogP contribution in [0.25, 0.3) is 0 Å². The van der Waals surface area contributed by atoms with E-state index in [4.69, 9.17) is 4.74 Å². The van der Waals surface area contributed by atoms with Crippen molar-refractivity contribution in [1.82, 2.24) is 0 Å². The van der Waals surface area contributed by atoms with Crippen LogP contribution in [-0.2, 0) is 4.74 Å². The molecule has 1 N–H and O–H groups in total. The summed E-state index contributed by atoms with van der Waals surface area (Å²) in [5, 5.41) is 10.9. The van der Waals surface area contributed by atoms with Crippen LogP contribution in [0.3, 0.4) is 0 Å². The van der Waals surface area contributed by atoms with Gasteiger partial charge in [-0.1, -0.05) is 48.6 Å². The summed E-state index contributed by atoms with van der Waals surface area (Å²) in [5.41, 5.74) is 0. The van der Waals surface area contributed by atoms with E-state index in [1.54, 1.807) is 0 Å². The summed E-state index contributed by atoms with van der Waals surface area (Å²) in [7, 11) is -1.73. The second kappa shape index (κ2) is 3.44. The van der Waals surface area contributed by atoms with Gasteiger partial charge in [-0.2, -0.15) is 0 Å². The van der Waals surface area contributed by atoms with Crippen molar-refractivity contribution < 1.29 is 9.84 Å². The number of aliphatic hydroxyl groups is 1. The molecule has 0 radical (unpaired) electrons. The van der Waals surface area contributed by atoms with Crippen molar-refractivity contribution in [3.63, 3.8) is 0 Å². The van der Waals surface area contributed by atoms with E-state index in [0.717, 1.165) is 0 Å². The maximum absolute atomic E-state index is 9.85. The van der Waals surface area contributed by atoms with Gasteiger partial charge in [-0.3, -0.25) is 0 Å². The molecule has 1 saturated heterocycles. The average molecular weight is 222 g/mol. The highest BCUT2D eigenvalue weighted by atomic mass is 28.3. The number of epoxide rings is 1. The van der Waals surface area contributed by atoms with Gasteiger partial charge in [-0.15, -0.1) is 0 Å². The summed E-state index contributed by atoms with van der Waals surface area (Å²) in [6, 6.07) is 10.4. The van der Waals surface area contributed by atoms with Crippen molar-refractivity contribution in [3.05, 3.63) is 30.3 Å². The summed E-state index contributed by atoms with van der Waals surface area (Å²) >= 11 is 0. The molecule has 0 amide bonds. The predicted molar refractivity (Wildman–Crippen MR) is 63.9 cm³/mol. The van der Waals surface area contributed by atoms with Crippen molar-refractivity contribution in [2.24, 2.45) is 0 Å². The van der Waals surface area contributed by atoms with Crippen LogP contribution in [0.2, 0.25) is 13.1 Å². The number of benzene rings is 1. The lowest BCUT2D eigenvalue weighted by atomic mass is 10.3. The molecule has 0 bridgehead atoms. The first kappa shape index (κ1) is 10.9. The van der Waals surface area contributed by atoms with E-state index in [1.165, 1.54) is 5.19 Å². The molecule has 0 spiro atoms. The third-order valence-electron chi connectivity index (χ3n) is 3.68. The lowest BCUT2D eigenvalue weighted by Crippen LogP contribution is -2.60. The first-order valence-corrected chi connectivity index (χ1v) is 8.38. The Labute approximate surface area is 91.9 Å². The highest BCUT2D eigenvalue weighted by molar-refractivity contribution is 6.92. The Morgan fingerprint density at radius 2 is 1.87 bits per heavy atom. The summed E-state index contributed by atoms with van der Waals surface area (Å²) in [6.45, 7) is 7.08. The molecule has 1 aromatic rings. The van der Waals surface area contributed by atoms with Gasteiger partial charge in [0.1, 0.15) is 13.3 Å². The quantitative estimate of drug-likeness (QED) is 0.617. The molecule has 0 aliphatic carbocycles. The topological polar surface area (TPSA) is 32.8 Å². The maximum atomic E-state index is 9.85. The van der Waals surface area contributed by atoms with Crippen LogP contribution in [0.1, 0.15) is 6.92 Å². The molecule has 2 atom stereocenters. The van der Waals surface area contributed by atoms with Crippen molar-refractivity contribution in [1.29, 1.82) is 0 Å². The Balaban J connectivity index is 2.36. The van der Waals surface area contributed by atoms with Crippen molar-refractivity contribution in [2.75, 3.05) is 6.61 Å². The van der Waals surface area contributed by atoms with Crippen LogP contribution in [-0.4, -0.2) is 31.1 Å². The third kappa shape index (κ3) is 1.55. The van der Waals surface area contributed by atoms with Crippen LogP contribution >= 0.6 is 0 Å². The van der Waals surface area contributed by atoms with E-state index in [-0.39, 0.29) is 11.3 Å². The second-order valence-corrected chi connectivity index (χ2v) is 9.52. The second-order valence-electron chi connectivity index (χ2n) is 4.85. The molecule has 0 saturated carbocycles. The minimum Gasteiger partial charge on any atom is -0.391 e. The van der Waals surface area contributed by atoms with Gasteiger partial charge < -0.3 is 9.84 Å². The molecule has 0 aromatic heterocycles. The highest BCUT2D eigenvalue weighted by Gasteiger charge is 2.61. The minimum absolute atomic E-state index is 0.256. The molecule has 1 aromatic carbocycles. The minimum atomic E-state index is -1.73. The predicted octanol–water partition coefficient (Wildman–Crippen LogP) is 1.29. The lowest BCUT2D eigenvalue weighted by Gasteiger charge is -2.32. The van der Waals surface area contributed by atoms with Crippen LogP contribution in [0.4, 0.5) is 0 Å². The molecular weight excluding hydrogens is 204 g/mol. The average Bonchev–Trinajstić information content (AvgIpc) is 3.00. The van der Waals surface area contributed by atoms with Gasteiger partial charge in [-0.25, -0.2) is 0 Å². The Morgan fingerprint density at radius 3 is 2.27 bits per heavy atom. The molecule has 1 heterocycles. The zero-order valence-electron chi connectivity index (χ0n) is 9.53. The molecule has 15 heavy (non-hydrogen) atoms. The van der Waals surface area contributed by atoms with Crippen molar-refractivity contribution in [3.8, 4) is 0 Å². The van der Waals surface area contributed by atoms with Crippen molar-refractivity contribution in [2.45, 2.75) is 31.3 Å². The molecule has 1 fully saturated rings. The Kier molecular flexibility index (Phi) is 2.49. The van der Waals surface area contributed by atoms with Crippen LogP contribution in [0.15, 0.2) is 30.3 Å². The fourth-order valence-electron chi connectivity index (χ4n) is 2.30. The molecule has 0 unspecified atom stereocenters. The van der Waals surface area contributed by atoms with Crippen LogP contribution in [0.5, 0.6) is 0 Å². The highest BCUT2D eigenvalue weighted by Crippen LogP contribution is 2.39. The van der Waals surface area contributed by atoms with Gasteiger partial charge in [-0.05, 0) is 6.92 Å². The first-order chi connectivity index (χ1) is 7.01. The number of hydrogen-bond acceptors (Lipinski definition) is 2. The fourth-order valence-corrected chi connectivity index (χ4v) is 5.65. The number of hydrogen-bond donors (Lipinski definition) is 1. The summed E-state index contributed by atoms with van der Waals surface area (Å²) < 4.78 is 5.59. The van der Waals surface area contributed by atoms with E-state index in [2.05, 4.69) is 37.4 Å². The van der Waals surface area contributed by atoms with Gasteiger partial charge in [0.25, 0.3) is 0 Å². The standard InChI is InChI=1S/C12H18O2Si/c1-10(13)12(9-14-12)15(2,3)11-7-5-4-6-8-11/h4-8,10,13H,9H2,1-3H3/t10-,12-/m1/s1. The zero-order valence-corrected chi connectivity index (χ0v) is 10.5. The van der Waals surface area contributed by atoms with Gasteiger partial charge in [0.05, 0.1) is 12.7 Å². The molecule has 1 aliphatic rings. The Morgan fingerprint density at radius 1 is 1.33 bits per heavy atom. The van der Waals surface area contributed by atoms with E-state index < -0.39 is 8.07 Å². The smallest absolute Gasteiger partial charge is 0.123 e. The molecule has 82 valence electrons. The van der Waals surface area contributed by atoms with Crippen LogP contribution in [0, 0.1) is 0 Å². The van der Waals surface area contributed by atoms with Gasteiger partial charge >= 0.3 is 0 Å². The fraction of sp³-hybridized carbons (Fsp3) is 0.500. The molecule has 2 nitrogen and oxygen atoms in total.